The van der Waals surface area contributed by atoms with E-state index in [0.717, 1.165) is 23.7 Å². The van der Waals surface area contributed by atoms with E-state index in [2.05, 4.69) is 25.6 Å². The predicted molar refractivity (Wildman–Crippen MR) is 79.6 cm³/mol. The quantitative estimate of drug-likeness (QED) is 0.889. The number of nitrogens with one attached hydrogen (secondary N) is 1. The summed E-state index contributed by atoms with van der Waals surface area (Å²) in [6, 6.07) is 6.68. The Labute approximate surface area is 123 Å². The highest BCUT2D eigenvalue weighted by Gasteiger charge is 2.39. The molecule has 1 aromatic rings. The summed E-state index contributed by atoms with van der Waals surface area (Å²) in [5.41, 5.74) is -0.0115. The van der Waals surface area contributed by atoms with Crippen LogP contribution in [0.15, 0.2) is 33.6 Å². The van der Waals surface area contributed by atoms with E-state index >= 15 is 0 Å². The average Bonchev–Trinajstić information content (AvgIpc) is 2.27. The number of nitrogens with zero attached hydrogens (tertiary/aromatic N) is 1. The molecule has 0 bridgehead atoms. The maximum absolute atomic E-state index is 12.2. The summed E-state index contributed by atoms with van der Waals surface area (Å²) in [4.78, 5) is 2.43. The minimum Gasteiger partial charge on any atom is -0.302 e. The Hall–Kier alpha value is -0.430. The minimum absolute atomic E-state index is 0.0115. The molecule has 0 atom stereocenters. The molecule has 106 valence electrons. The lowest BCUT2D eigenvalue weighted by Gasteiger charge is -2.47. The summed E-state index contributed by atoms with van der Waals surface area (Å²) in [5, 5.41) is 0. The van der Waals surface area contributed by atoms with Gasteiger partial charge in [-0.3, -0.25) is 0 Å². The number of rotatable bonds is 5. The standard InChI is InChI=1S/C13H19BrN2O2S/c1-16(2)13(8-3-9-13)10-15-19(17,18)12-6-4-11(14)5-7-12/h4-7,15H,3,8-10H2,1-2H3. The van der Waals surface area contributed by atoms with Crippen LogP contribution >= 0.6 is 15.9 Å². The van der Waals surface area contributed by atoms with Crippen LogP contribution in [0.25, 0.3) is 0 Å². The monoisotopic (exact) mass is 346 g/mol. The molecule has 1 fully saturated rings. The fourth-order valence-electron chi connectivity index (χ4n) is 2.29. The molecule has 0 spiro atoms. The fraction of sp³-hybridized carbons (Fsp3) is 0.538. The van der Waals surface area contributed by atoms with Crippen molar-refractivity contribution in [3.8, 4) is 0 Å². The van der Waals surface area contributed by atoms with Crippen molar-refractivity contribution < 1.29 is 8.42 Å². The number of benzene rings is 1. The topological polar surface area (TPSA) is 49.4 Å². The van der Waals surface area contributed by atoms with Crippen molar-refractivity contribution in [3.63, 3.8) is 0 Å². The van der Waals surface area contributed by atoms with Crippen LogP contribution in [0.5, 0.6) is 0 Å². The second-order valence-corrected chi connectivity index (χ2v) is 7.93. The highest BCUT2D eigenvalue weighted by molar-refractivity contribution is 9.10. The first-order valence-corrected chi connectivity index (χ1v) is 8.56. The molecule has 6 heteroatoms. The highest BCUT2D eigenvalue weighted by atomic mass is 79.9. The van der Waals surface area contributed by atoms with Gasteiger partial charge >= 0.3 is 0 Å². The van der Waals surface area contributed by atoms with E-state index in [0.29, 0.717) is 11.4 Å². The van der Waals surface area contributed by atoms with Crippen molar-refractivity contribution in [1.82, 2.24) is 9.62 Å². The number of sulfonamides is 1. The number of likely N-dealkylation sites (N-methyl/N-ethyl adjacent to an activating group) is 1. The second-order valence-electron chi connectivity index (χ2n) is 5.25. The molecule has 19 heavy (non-hydrogen) atoms. The number of halogens is 1. The van der Waals surface area contributed by atoms with Crippen LogP contribution in [-0.4, -0.2) is 39.5 Å². The van der Waals surface area contributed by atoms with Gasteiger partial charge in [0.2, 0.25) is 10.0 Å². The van der Waals surface area contributed by atoms with E-state index in [1.807, 2.05) is 14.1 Å². The molecule has 1 N–H and O–H groups in total. The molecule has 0 amide bonds. The van der Waals surface area contributed by atoms with E-state index in [4.69, 9.17) is 0 Å². The highest BCUT2D eigenvalue weighted by Crippen LogP contribution is 2.35. The Morgan fingerprint density at radius 2 is 1.84 bits per heavy atom. The molecule has 0 heterocycles. The van der Waals surface area contributed by atoms with Crippen LogP contribution < -0.4 is 4.72 Å². The predicted octanol–water partition coefficient (Wildman–Crippen LogP) is 2.21. The molecule has 4 nitrogen and oxygen atoms in total. The van der Waals surface area contributed by atoms with Crippen molar-refractivity contribution in [2.45, 2.75) is 29.7 Å². The van der Waals surface area contributed by atoms with Crippen molar-refractivity contribution in [2.24, 2.45) is 0 Å². The van der Waals surface area contributed by atoms with Gasteiger partial charge in [0.25, 0.3) is 0 Å². The van der Waals surface area contributed by atoms with Gasteiger partial charge in [0.05, 0.1) is 4.90 Å². The zero-order chi connectivity index (χ0) is 14.1. The van der Waals surface area contributed by atoms with Crippen LogP contribution in [-0.2, 0) is 10.0 Å². The Morgan fingerprint density at radius 3 is 2.26 bits per heavy atom. The van der Waals surface area contributed by atoms with Crippen molar-refractivity contribution in [3.05, 3.63) is 28.7 Å². The van der Waals surface area contributed by atoms with E-state index in [9.17, 15) is 8.42 Å². The van der Waals surface area contributed by atoms with Gasteiger partial charge in [-0.2, -0.15) is 0 Å². The lowest BCUT2D eigenvalue weighted by atomic mass is 9.76. The van der Waals surface area contributed by atoms with Gasteiger partial charge in [0.15, 0.2) is 0 Å². The first kappa shape index (κ1) is 15.0. The molecule has 1 aromatic carbocycles. The molecular formula is C13H19BrN2O2S. The van der Waals surface area contributed by atoms with Crippen LogP contribution in [0.3, 0.4) is 0 Å². The molecule has 1 aliphatic rings. The lowest BCUT2D eigenvalue weighted by Crippen LogP contribution is -2.57. The lowest BCUT2D eigenvalue weighted by molar-refractivity contribution is 0.0657. The van der Waals surface area contributed by atoms with Gasteiger partial charge < -0.3 is 4.90 Å². The Balaban J connectivity index is 2.08. The summed E-state index contributed by atoms with van der Waals surface area (Å²) >= 11 is 3.30. The SMILES string of the molecule is CN(C)C1(CNS(=O)(=O)c2ccc(Br)cc2)CCC1. The van der Waals surface area contributed by atoms with Gasteiger partial charge in [-0.05, 0) is 57.6 Å². The Kier molecular flexibility index (Phi) is 4.35. The molecule has 0 aliphatic heterocycles. The van der Waals surface area contributed by atoms with Gasteiger partial charge in [0.1, 0.15) is 0 Å². The summed E-state index contributed by atoms with van der Waals surface area (Å²) in [6.07, 6.45) is 3.25. The largest absolute Gasteiger partial charge is 0.302 e. The maximum atomic E-state index is 12.2. The van der Waals surface area contributed by atoms with Crippen LogP contribution in [0.1, 0.15) is 19.3 Å². The number of hydrogen-bond acceptors (Lipinski definition) is 3. The summed E-state index contributed by atoms with van der Waals surface area (Å²) in [7, 11) is 0.597. The molecule has 0 saturated heterocycles. The van der Waals surface area contributed by atoms with Crippen LogP contribution in [0.4, 0.5) is 0 Å². The minimum atomic E-state index is -3.42. The normalized spacial score (nSPS) is 18.3. The van der Waals surface area contributed by atoms with E-state index in [1.54, 1.807) is 24.3 Å². The zero-order valence-corrected chi connectivity index (χ0v) is 13.6. The third-order valence-electron chi connectivity index (χ3n) is 3.95. The summed E-state index contributed by atoms with van der Waals surface area (Å²) in [6.45, 7) is 0.471. The van der Waals surface area contributed by atoms with Crippen molar-refractivity contribution in [1.29, 1.82) is 0 Å². The fourth-order valence-corrected chi connectivity index (χ4v) is 3.68. The smallest absolute Gasteiger partial charge is 0.240 e. The summed E-state index contributed by atoms with van der Waals surface area (Å²) < 4.78 is 28.0. The third kappa shape index (κ3) is 3.18. The Morgan fingerprint density at radius 1 is 1.26 bits per heavy atom. The molecular weight excluding hydrogens is 328 g/mol. The average molecular weight is 347 g/mol. The second kappa shape index (κ2) is 5.52. The van der Waals surface area contributed by atoms with Gasteiger partial charge in [-0.15, -0.1) is 0 Å². The molecule has 1 aliphatic carbocycles. The first-order chi connectivity index (χ1) is 8.86. The molecule has 0 aromatic heterocycles. The van der Waals surface area contributed by atoms with E-state index in [1.165, 1.54) is 0 Å². The van der Waals surface area contributed by atoms with Gasteiger partial charge in [0, 0.05) is 16.6 Å². The van der Waals surface area contributed by atoms with Crippen LogP contribution in [0, 0.1) is 0 Å². The van der Waals surface area contributed by atoms with Gasteiger partial charge in [-0.1, -0.05) is 15.9 Å². The Bertz CT molecular complexity index is 536. The van der Waals surface area contributed by atoms with Gasteiger partial charge in [-0.25, -0.2) is 13.1 Å². The third-order valence-corrected chi connectivity index (χ3v) is 5.89. The first-order valence-electron chi connectivity index (χ1n) is 6.28. The van der Waals surface area contributed by atoms with Crippen LogP contribution in [0.2, 0.25) is 0 Å². The van der Waals surface area contributed by atoms with Crippen molar-refractivity contribution >= 4 is 26.0 Å². The molecule has 1 saturated carbocycles. The molecule has 2 rings (SSSR count). The zero-order valence-electron chi connectivity index (χ0n) is 11.2. The number of hydrogen-bond donors (Lipinski definition) is 1. The maximum Gasteiger partial charge on any atom is 0.240 e. The van der Waals surface area contributed by atoms with E-state index < -0.39 is 10.0 Å². The van der Waals surface area contributed by atoms with Crippen molar-refractivity contribution in [2.75, 3.05) is 20.6 Å². The van der Waals surface area contributed by atoms with E-state index in [-0.39, 0.29) is 5.54 Å². The molecule has 0 unspecified atom stereocenters. The molecule has 0 radical (unpaired) electrons. The summed E-state index contributed by atoms with van der Waals surface area (Å²) in [5.74, 6) is 0.